The molecule has 5 heteroatoms. The van der Waals surface area contributed by atoms with Crippen LogP contribution in [0.4, 0.5) is 0 Å². The van der Waals surface area contributed by atoms with E-state index in [0.717, 1.165) is 11.4 Å². The summed E-state index contributed by atoms with van der Waals surface area (Å²) in [7, 11) is 0. The van der Waals surface area contributed by atoms with E-state index < -0.39 is 0 Å². The van der Waals surface area contributed by atoms with Gasteiger partial charge in [0.15, 0.2) is 5.16 Å². The lowest BCUT2D eigenvalue weighted by atomic mass is 10.5. The number of thioether (sulfide) groups is 1. The highest BCUT2D eigenvalue weighted by Gasteiger charge is 1.96. The van der Waals surface area contributed by atoms with Crippen LogP contribution in [-0.2, 0) is 0 Å². The van der Waals surface area contributed by atoms with Crippen LogP contribution >= 0.6 is 11.8 Å². The van der Waals surface area contributed by atoms with Crippen LogP contribution in [0.15, 0.2) is 16.0 Å². The maximum Gasteiger partial charge on any atom is 0.251 e. The first-order valence-corrected chi connectivity index (χ1v) is 4.62. The molecule has 0 fully saturated rings. The number of nitrogens with one attached hydrogen (secondary N) is 1. The normalized spacial score (nSPS) is 10.2. The molecule has 1 rings (SSSR count). The summed E-state index contributed by atoms with van der Waals surface area (Å²) < 4.78 is 0. The molecule has 0 radical (unpaired) electrons. The van der Waals surface area contributed by atoms with Gasteiger partial charge < -0.3 is 10.7 Å². The minimum Gasteiger partial charge on any atom is -0.330 e. The van der Waals surface area contributed by atoms with E-state index in [9.17, 15) is 4.79 Å². The van der Waals surface area contributed by atoms with Crippen molar-refractivity contribution in [1.29, 1.82) is 0 Å². The molecule has 12 heavy (non-hydrogen) atoms. The fourth-order valence-electron chi connectivity index (χ4n) is 0.776. The van der Waals surface area contributed by atoms with Crippen LogP contribution in [0.3, 0.4) is 0 Å². The number of aryl methyl sites for hydroxylation is 1. The number of aromatic nitrogens is 2. The zero-order chi connectivity index (χ0) is 8.97. The molecule has 0 atom stereocenters. The Morgan fingerprint density at radius 1 is 1.75 bits per heavy atom. The number of nitrogens with two attached hydrogens (primary N) is 1. The summed E-state index contributed by atoms with van der Waals surface area (Å²) in [6.45, 7) is 2.38. The highest BCUT2D eigenvalue weighted by atomic mass is 32.2. The molecule has 1 aromatic rings. The molecule has 0 saturated carbocycles. The Morgan fingerprint density at radius 3 is 3.08 bits per heavy atom. The average Bonchev–Trinajstić information content (AvgIpc) is 1.99. The summed E-state index contributed by atoms with van der Waals surface area (Å²) in [5.41, 5.74) is 5.94. The highest BCUT2D eigenvalue weighted by Crippen LogP contribution is 2.08. The Hall–Kier alpha value is -0.810. The molecule has 0 bridgehead atoms. The van der Waals surface area contributed by atoms with Crippen molar-refractivity contribution < 1.29 is 0 Å². The first kappa shape index (κ1) is 9.28. The van der Waals surface area contributed by atoms with Gasteiger partial charge in [0.25, 0.3) is 5.56 Å². The van der Waals surface area contributed by atoms with Crippen molar-refractivity contribution in [1.82, 2.24) is 9.97 Å². The lowest BCUT2D eigenvalue weighted by molar-refractivity contribution is 0.904. The molecule has 0 aliphatic heterocycles. The average molecular weight is 185 g/mol. The number of aromatic amines is 1. The van der Waals surface area contributed by atoms with Crippen LogP contribution in [-0.4, -0.2) is 22.3 Å². The SMILES string of the molecule is Cc1cc(=O)[nH]c(SCCN)n1. The summed E-state index contributed by atoms with van der Waals surface area (Å²) in [6.07, 6.45) is 0. The largest absolute Gasteiger partial charge is 0.330 e. The Kier molecular flexibility index (Phi) is 3.31. The van der Waals surface area contributed by atoms with Crippen molar-refractivity contribution in [3.05, 3.63) is 22.1 Å². The first-order chi connectivity index (χ1) is 5.72. The van der Waals surface area contributed by atoms with Crippen LogP contribution < -0.4 is 11.3 Å². The van der Waals surface area contributed by atoms with Gasteiger partial charge in [-0.2, -0.15) is 0 Å². The molecule has 1 heterocycles. The van der Waals surface area contributed by atoms with E-state index in [1.54, 1.807) is 6.92 Å². The molecule has 4 nitrogen and oxygen atoms in total. The number of hydrogen-bond acceptors (Lipinski definition) is 4. The number of hydrogen-bond donors (Lipinski definition) is 2. The third-order valence-corrected chi connectivity index (χ3v) is 2.11. The van der Waals surface area contributed by atoms with Crippen molar-refractivity contribution in [3.8, 4) is 0 Å². The minimum atomic E-state index is -0.109. The minimum absolute atomic E-state index is 0.109. The topological polar surface area (TPSA) is 71.8 Å². The molecular weight excluding hydrogens is 174 g/mol. The zero-order valence-electron chi connectivity index (χ0n) is 6.83. The van der Waals surface area contributed by atoms with Gasteiger partial charge in [-0.25, -0.2) is 4.98 Å². The van der Waals surface area contributed by atoms with Crippen LogP contribution in [0.1, 0.15) is 5.69 Å². The lowest BCUT2D eigenvalue weighted by Crippen LogP contribution is -2.09. The Labute approximate surface area is 74.6 Å². The molecule has 66 valence electrons. The van der Waals surface area contributed by atoms with Crippen LogP contribution in [0.25, 0.3) is 0 Å². The van der Waals surface area contributed by atoms with Gasteiger partial charge in [0, 0.05) is 24.1 Å². The summed E-state index contributed by atoms with van der Waals surface area (Å²) in [5, 5.41) is 0.644. The van der Waals surface area contributed by atoms with Crippen molar-refractivity contribution in [2.45, 2.75) is 12.1 Å². The molecule has 0 saturated heterocycles. The van der Waals surface area contributed by atoms with E-state index >= 15 is 0 Å². The second-order valence-corrected chi connectivity index (χ2v) is 3.41. The van der Waals surface area contributed by atoms with E-state index in [0.29, 0.717) is 11.7 Å². The molecule has 0 unspecified atom stereocenters. The maximum atomic E-state index is 10.9. The van der Waals surface area contributed by atoms with Gasteiger partial charge in [-0.1, -0.05) is 11.8 Å². The summed E-state index contributed by atoms with van der Waals surface area (Å²) in [5.74, 6) is 0.770. The predicted octanol–water partition coefficient (Wildman–Crippen LogP) is 0.129. The van der Waals surface area contributed by atoms with Crippen molar-refractivity contribution in [2.24, 2.45) is 5.73 Å². The highest BCUT2D eigenvalue weighted by molar-refractivity contribution is 7.99. The molecule has 0 aromatic carbocycles. The molecule has 0 aliphatic carbocycles. The van der Waals surface area contributed by atoms with Gasteiger partial charge in [-0.15, -0.1) is 0 Å². The summed E-state index contributed by atoms with van der Waals surface area (Å²) in [4.78, 5) is 17.7. The fraction of sp³-hybridized carbons (Fsp3) is 0.429. The van der Waals surface area contributed by atoms with Crippen molar-refractivity contribution in [3.63, 3.8) is 0 Å². The second kappa shape index (κ2) is 4.27. The van der Waals surface area contributed by atoms with Gasteiger partial charge >= 0.3 is 0 Å². The van der Waals surface area contributed by atoms with Crippen LogP contribution in [0.2, 0.25) is 0 Å². The van der Waals surface area contributed by atoms with Gasteiger partial charge in [0.1, 0.15) is 0 Å². The molecule has 0 spiro atoms. The van der Waals surface area contributed by atoms with Crippen molar-refractivity contribution in [2.75, 3.05) is 12.3 Å². The van der Waals surface area contributed by atoms with E-state index in [1.165, 1.54) is 17.8 Å². The maximum absolute atomic E-state index is 10.9. The van der Waals surface area contributed by atoms with E-state index in [-0.39, 0.29) is 5.56 Å². The Balaban J connectivity index is 2.79. The van der Waals surface area contributed by atoms with Gasteiger partial charge in [-0.05, 0) is 6.92 Å². The molecule has 0 amide bonds. The zero-order valence-corrected chi connectivity index (χ0v) is 7.65. The molecule has 0 aliphatic rings. The monoisotopic (exact) mass is 185 g/mol. The quantitative estimate of drug-likeness (QED) is 0.518. The van der Waals surface area contributed by atoms with Gasteiger partial charge in [0.05, 0.1) is 0 Å². The smallest absolute Gasteiger partial charge is 0.251 e. The first-order valence-electron chi connectivity index (χ1n) is 3.63. The molecule has 1 aromatic heterocycles. The number of H-pyrrole nitrogens is 1. The standard InChI is InChI=1S/C7H11N3OS/c1-5-4-6(11)10-7(9-5)12-3-2-8/h4H,2-3,8H2,1H3,(H,9,10,11). The number of rotatable bonds is 3. The summed E-state index contributed by atoms with van der Waals surface area (Å²) >= 11 is 1.46. The Bertz CT molecular complexity index is 310. The van der Waals surface area contributed by atoms with Gasteiger partial charge in [-0.3, -0.25) is 4.79 Å². The van der Waals surface area contributed by atoms with E-state index in [2.05, 4.69) is 9.97 Å². The third-order valence-electron chi connectivity index (χ3n) is 1.20. The summed E-state index contributed by atoms with van der Waals surface area (Å²) in [6, 6.07) is 1.46. The second-order valence-electron chi connectivity index (χ2n) is 2.33. The fourth-order valence-corrected chi connectivity index (χ4v) is 1.47. The molecular formula is C7H11N3OS. The van der Waals surface area contributed by atoms with Crippen molar-refractivity contribution >= 4 is 11.8 Å². The third kappa shape index (κ3) is 2.67. The van der Waals surface area contributed by atoms with Gasteiger partial charge in [0.2, 0.25) is 0 Å². The van der Waals surface area contributed by atoms with Crippen LogP contribution in [0.5, 0.6) is 0 Å². The lowest BCUT2D eigenvalue weighted by Gasteiger charge is -1.98. The van der Waals surface area contributed by atoms with E-state index in [1.807, 2.05) is 0 Å². The number of nitrogens with zero attached hydrogens (tertiary/aromatic N) is 1. The van der Waals surface area contributed by atoms with E-state index in [4.69, 9.17) is 5.73 Å². The molecule has 3 N–H and O–H groups in total. The predicted molar refractivity (Wildman–Crippen MR) is 49.4 cm³/mol. The Morgan fingerprint density at radius 2 is 2.50 bits per heavy atom. The van der Waals surface area contributed by atoms with Crippen LogP contribution in [0, 0.1) is 6.92 Å².